The van der Waals surface area contributed by atoms with Gasteiger partial charge in [-0.1, -0.05) is 41.6 Å². The summed E-state index contributed by atoms with van der Waals surface area (Å²) in [4.78, 5) is 19.9. The molecule has 6 nitrogen and oxygen atoms in total. The zero-order valence-electron chi connectivity index (χ0n) is 17.5. The van der Waals surface area contributed by atoms with Crippen LogP contribution < -0.4 is 0 Å². The van der Waals surface area contributed by atoms with Gasteiger partial charge in [0.1, 0.15) is 10.8 Å². The lowest BCUT2D eigenvalue weighted by atomic mass is 10.2. The van der Waals surface area contributed by atoms with Crippen LogP contribution in [0.25, 0.3) is 15.9 Å². The largest absolute Gasteiger partial charge is 0.332 e. The Bertz CT molecular complexity index is 1200. The first-order valence-corrected chi connectivity index (χ1v) is 12.2. The van der Waals surface area contributed by atoms with Crippen LogP contribution in [0.2, 0.25) is 0 Å². The molecule has 2 aromatic heterocycles. The molecule has 1 aliphatic heterocycles. The zero-order chi connectivity index (χ0) is 21.4. The molecule has 1 aliphatic rings. The van der Waals surface area contributed by atoms with Gasteiger partial charge in [0.25, 0.3) is 0 Å². The Morgan fingerprint density at radius 2 is 1.94 bits per heavy atom. The van der Waals surface area contributed by atoms with Crippen molar-refractivity contribution in [1.29, 1.82) is 0 Å². The second kappa shape index (κ2) is 8.43. The Kier molecular flexibility index (Phi) is 5.50. The Morgan fingerprint density at radius 1 is 1.13 bits per heavy atom. The van der Waals surface area contributed by atoms with Crippen molar-refractivity contribution in [2.24, 2.45) is 0 Å². The van der Waals surface area contributed by atoms with Gasteiger partial charge in [-0.3, -0.25) is 9.36 Å². The summed E-state index contributed by atoms with van der Waals surface area (Å²) in [7, 11) is 0. The third kappa shape index (κ3) is 3.97. The molecule has 1 fully saturated rings. The molecule has 0 aliphatic carbocycles. The lowest BCUT2D eigenvalue weighted by Gasteiger charge is -2.23. The van der Waals surface area contributed by atoms with Gasteiger partial charge in [-0.25, -0.2) is 4.98 Å². The summed E-state index contributed by atoms with van der Waals surface area (Å²) in [5.41, 5.74) is 3.23. The third-order valence-corrected chi connectivity index (χ3v) is 7.63. The van der Waals surface area contributed by atoms with Gasteiger partial charge in [0.15, 0.2) is 5.16 Å². The van der Waals surface area contributed by atoms with Crippen LogP contribution in [0.5, 0.6) is 0 Å². The number of nitrogens with zero attached hydrogens (tertiary/aromatic N) is 5. The van der Waals surface area contributed by atoms with Gasteiger partial charge < -0.3 is 4.90 Å². The molecular formula is C23H23N5OS2. The zero-order valence-corrected chi connectivity index (χ0v) is 19.1. The van der Waals surface area contributed by atoms with Gasteiger partial charge in [0.05, 0.1) is 22.0 Å². The second-order valence-electron chi connectivity index (χ2n) is 7.75. The quantitative estimate of drug-likeness (QED) is 0.404. The van der Waals surface area contributed by atoms with Crippen molar-refractivity contribution in [3.8, 4) is 5.69 Å². The highest BCUT2D eigenvalue weighted by atomic mass is 32.2. The van der Waals surface area contributed by atoms with Crippen LogP contribution in [0.1, 0.15) is 35.3 Å². The van der Waals surface area contributed by atoms with Crippen LogP contribution >= 0.6 is 23.1 Å². The lowest BCUT2D eigenvalue weighted by molar-refractivity contribution is -0.129. The predicted octanol–water partition coefficient (Wildman–Crippen LogP) is 4.95. The average molecular weight is 450 g/mol. The number of benzene rings is 2. The van der Waals surface area contributed by atoms with E-state index in [1.807, 2.05) is 34.6 Å². The van der Waals surface area contributed by atoms with Crippen molar-refractivity contribution in [3.05, 3.63) is 64.9 Å². The van der Waals surface area contributed by atoms with E-state index in [-0.39, 0.29) is 11.9 Å². The minimum Gasteiger partial charge on any atom is -0.332 e. The molecule has 1 atom stereocenters. The van der Waals surface area contributed by atoms with E-state index in [1.165, 1.54) is 22.0 Å². The highest BCUT2D eigenvalue weighted by molar-refractivity contribution is 7.99. The second-order valence-corrected chi connectivity index (χ2v) is 9.76. The number of thioether (sulfide) groups is 1. The number of hydrogen-bond acceptors (Lipinski definition) is 6. The third-order valence-electron chi connectivity index (χ3n) is 5.58. The minimum absolute atomic E-state index is 0.0715. The number of para-hydroxylation sites is 1. The summed E-state index contributed by atoms with van der Waals surface area (Å²) < 4.78 is 3.18. The Hall–Kier alpha value is -2.71. The van der Waals surface area contributed by atoms with Gasteiger partial charge in [-0.15, -0.1) is 21.5 Å². The summed E-state index contributed by atoms with van der Waals surface area (Å²) >= 11 is 3.14. The fourth-order valence-corrected chi connectivity index (χ4v) is 5.99. The highest BCUT2D eigenvalue weighted by Crippen LogP contribution is 2.37. The first-order valence-electron chi connectivity index (χ1n) is 10.4. The average Bonchev–Trinajstić information content (AvgIpc) is 3.50. The van der Waals surface area contributed by atoms with Gasteiger partial charge in [0, 0.05) is 12.2 Å². The minimum atomic E-state index is 0.0715. The maximum atomic E-state index is 13.1. The summed E-state index contributed by atoms with van der Waals surface area (Å²) in [6, 6.07) is 16.5. The van der Waals surface area contributed by atoms with E-state index in [9.17, 15) is 4.79 Å². The molecule has 31 heavy (non-hydrogen) atoms. The molecule has 0 bridgehead atoms. The number of amides is 1. The summed E-state index contributed by atoms with van der Waals surface area (Å²) in [6.45, 7) is 4.78. The van der Waals surface area contributed by atoms with Crippen molar-refractivity contribution in [2.75, 3.05) is 12.3 Å². The number of likely N-dealkylation sites (tertiary alicyclic amines) is 1. The Labute approximate surface area is 189 Å². The SMILES string of the molecule is Cc1ccc(-n2c(C)nnc2SCC(=O)N2CCCC2c2nc3ccccc3s2)cc1. The van der Waals surface area contributed by atoms with E-state index in [0.29, 0.717) is 5.75 Å². The molecule has 3 heterocycles. The van der Waals surface area contributed by atoms with Crippen molar-refractivity contribution in [1.82, 2.24) is 24.6 Å². The molecule has 0 N–H and O–H groups in total. The monoisotopic (exact) mass is 449 g/mol. The van der Waals surface area contributed by atoms with Gasteiger partial charge in [0.2, 0.25) is 5.91 Å². The maximum absolute atomic E-state index is 13.1. The molecule has 0 spiro atoms. The van der Waals surface area contributed by atoms with E-state index in [0.717, 1.165) is 46.6 Å². The first-order chi connectivity index (χ1) is 15.1. The smallest absolute Gasteiger partial charge is 0.233 e. The molecule has 1 saturated heterocycles. The molecule has 8 heteroatoms. The number of fused-ring (bicyclic) bond motifs is 1. The number of hydrogen-bond donors (Lipinski definition) is 0. The van der Waals surface area contributed by atoms with Crippen molar-refractivity contribution in [3.63, 3.8) is 0 Å². The fraction of sp³-hybridized carbons (Fsp3) is 0.304. The molecular weight excluding hydrogens is 426 g/mol. The summed E-state index contributed by atoms with van der Waals surface area (Å²) in [6.07, 6.45) is 1.98. The van der Waals surface area contributed by atoms with Gasteiger partial charge in [-0.2, -0.15) is 0 Å². The van der Waals surface area contributed by atoms with Crippen LogP contribution in [0.15, 0.2) is 53.7 Å². The van der Waals surface area contributed by atoms with Crippen molar-refractivity contribution in [2.45, 2.75) is 37.9 Å². The summed E-state index contributed by atoms with van der Waals surface area (Å²) in [5, 5.41) is 10.3. The lowest BCUT2D eigenvalue weighted by Crippen LogP contribution is -2.32. The van der Waals surface area contributed by atoms with Gasteiger partial charge in [-0.05, 0) is 51.0 Å². The van der Waals surface area contributed by atoms with Crippen LogP contribution in [-0.2, 0) is 4.79 Å². The number of rotatable bonds is 5. The van der Waals surface area contributed by atoms with E-state index >= 15 is 0 Å². The Balaban J connectivity index is 1.32. The molecule has 1 amide bonds. The molecule has 5 rings (SSSR count). The van der Waals surface area contributed by atoms with Gasteiger partial charge >= 0.3 is 0 Å². The molecule has 0 saturated carbocycles. The predicted molar refractivity (Wildman–Crippen MR) is 125 cm³/mol. The van der Waals surface area contributed by atoms with Crippen LogP contribution in [0.3, 0.4) is 0 Å². The van der Waals surface area contributed by atoms with E-state index in [1.54, 1.807) is 11.3 Å². The molecule has 0 radical (unpaired) electrons. The first kappa shape index (κ1) is 20.2. The molecule has 1 unspecified atom stereocenters. The number of carbonyl (C=O) groups excluding carboxylic acids is 1. The van der Waals surface area contributed by atoms with Crippen LogP contribution in [0, 0.1) is 13.8 Å². The molecule has 4 aromatic rings. The number of aromatic nitrogens is 4. The maximum Gasteiger partial charge on any atom is 0.233 e. The standard InChI is InChI=1S/C23H23N5OS2/c1-15-9-11-17(12-10-15)28-16(2)25-26-23(28)30-14-21(29)27-13-5-7-19(27)22-24-18-6-3-4-8-20(18)31-22/h3-4,6,8-12,19H,5,7,13-14H2,1-2H3. The highest BCUT2D eigenvalue weighted by Gasteiger charge is 2.32. The van der Waals surface area contributed by atoms with E-state index < -0.39 is 0 Å². The van der Waals surface area contributed by atoms with E-state index in [4.69, 9.17) is 4.98 Å². The fourth-order valence-electron chi connectivity index (χ4n) is 3.99. The number of carbonyl (C=O) groups is 1. The topological polar surface area (TPSA) is 63.9 Å². The van der Waals surface area contributed by atoms with Crippen LogP contribution in [-0.4, -0.2) is 42.9 Å². The molecule has 158 valence electrons. The van der Waals surface area contributed by atoms with Crippen molar-refractivity contribution >= 4 is 39.2 Å². The molecule has 2 aromatic carbocycles. The van der Waals surface area contributed by atoms with Crippen molar-refractivity contribution < 1.29 is 4.79 Å². The normalized spacial score (nSPS) is 16.3. The van der Waals surface area contributed by atoms with E-state index in [2.05, 4.69) is 47.5 Å². The summed E-state index contributed by atoms with van der Waals surface area (Å²) in [5.74, 6) is 1.28. The number of aryl methyl sites for hydroxylation is 2. The Morgan fingerprint density at radius 3 is 2.74 bits per heavy atom. The van der Waals surface area contributed by atoms with Crippen LogP contribution in [0.4, 0.5) is 0 Å². The number of thiazole rings is 1.